The van der Waals surface area contributed by atoms with Crippen LogP contribution in [0.15, 0.2) is 30.9 Å². The number of rotatable bonds is 2. The molecule has 6 nitrogen and oxygen atoms in total. The second-order valence-electron chi connectivity index (χ2n) is 6.01. The van der Waals surface area contributed by atoms with E-state index >= 15 is 0 Å². The van der Waals surface area contributed by atoms with Gasteiger partial charge < -0.3 is 10.1 Å². The van der Waals surface area contributed by atoms with E-state index in [1.165, 1.54) is 0 Å². The number of ether oxygens (including phenoxy) is 1. The minimum absolute atomic E-state index is 0.417. The highest BCUT2D eigenvalue weighted by Crippen LogP contribution is 2.29. The van der Waals surface area contributed by atoms with Crippen molar-refractivity contribution >= 4 is 5.52 Å². The lowest BCUT2D eigenvalue weighted by Gasteiger charge is -2.06. The van der Waals surface area contributed by atoms with Crippen molar-refractivity contribution in [3.05, 3.63) is 36.4 Å². The van der Waals surface area contributed by atoms with Crippen LogP contribution in [0.2, 0.25) is 0 Å². The number of hydrogen-bond acceptors (Lipinski definition) is 4. The third-order valence-corrected chi connectivity index (χ3v) is 4.31. The van der Waals surface area contributed by atoms with Crippen molar-refractivity contribution in [1.29, 1.82) is 0 Å². The summed E-state index contributed by atoms with van der Waals surface area (Å²) in [5.74, 6) is 7.80. The van der Waals surface area contributed by atoms with Gasteiger partial charge in [0, 0.05) is 43.0 Å². The summed E-state index contributed by atoms with van der Waals surface area (Å²) >= 11 is 0. The SMILES string of the molecule is COc1cc(-c2cnn(C)c2)cn2ncc(C#CC3CCNC3)c12. The molecule has 3 aromatic heterocycles. The summed E-state index contributed by atoms with van der Waals surface area (Å²) in [5.41, 5.74) is 3.84. The van der Waals surface area contributed by atoms with Crippen LogP contribution in [0.25, 0.3) is 16.6 Å². The molecule has 24 heavy (non-hydrogen) atoms. The Bertz CT molecular complexity index is 937. The smallest absolute Gasteiger partial charge is 0.146 e. The Morgan fingerprint density at radius 2 is 2.17 bits per heavy atom. The normalized spacial score (nSPS) is 17.0. The van der Waals surface area contributed by atoms with Gasteiger partial charge in [0.2, 0.25) is 0 Å². The first-order valence-corrected chi connectivity index (χ1v) is 8.01. The number of nitrogens with zero attached hydrogens (tertiary/aromatic N) is 4. The first kappa shape index (κ1) is 14.8. The largest absolute Gasteiger partial charge is 0.494 e. The number of fused-ring (bicyclic) bond motifs is 1. The Kier molecular flexibility index (Phi) is 3.71. The van der Waals surface area contributed by atoms with E-state index in [0.29, 0.717) is 5.92 Å². The molecule has 0 saturated carbocycles. The maximum absolute atomic E-state index is 5.60. The maximum Gasteiger partial charge on any atom is 0.146 e. The zero-order valence-corrected chi connectivity index (χ0v) is 13.8. The molecule has 1 aliphatic heterocycles. The van der Waals surface area contributed by atoms with Gasteiger partial charge >= 0.3 is 0 Å². The van der Waals surface area contributed by atoms with E-state index in [4.69, 9.17) is 4.74 Å². The molecule has 4 heterocycles. The molecule has 0 radical (unpaired) electrons. The molecule has 0 aromatic carbocycles. The second-order valence-corrected chi connectivity index (χ2v) is 6.01. The topological polar surface area (TPSA) is 56.4 Å². The molecule has 1 N–H and O–H groups in total. The predicted octanol–water partition coefficient (Wildman–Crippen LogP) is 1.70. The number of aromatic nitrogens is 4. The van der Waals surface area contributed by atoms with E-state index in [2.05, 4.69) is 27.4 Å². The van der Waals surface area contributed by atoms with Crippen molar-refractivity contribution in [3.8, 4) is 28.7 Å². The fourth-order valence-electron chi connectivity index (χ4n) is 3.02. The van der Waals surface area contributed by atoms with Gasteiger partial charge in [0.1, 0.15) is 11.3 Å². The number of pyridine rings is 1. The van der Waals surface area contributed by atoms with Crippen molar-refractivity contribution in [2.75, 3.05) is 20.2 Å². The average molecular weight is 321 g/mol. The molecule has 0 aliphatic carbocycles. The summed E-state index contributed by atoms with van der Waals surface area (Å²) in [7, 11) is 3.58. The minimum atomic E-state index is 0.417. The van der Waals surface area contributed by atoms with Crippen molar-refractivity contribution in [2.45, 2.75) is 6.42 Å². The lowest BCUT2D eigenvalue weighted by molar-refractivity contribution is 0.417. The highest BCUT2D eigenvalue weighted by molar-refractivity contribution is 5.75. The molecule has 1 fully saturated rings. The third-order valence-electron chi connectivity index (χ3n) is 4.31. The molecule has 3 aromatic rings. The molecular formula is C18H19N5O. The van der Waals surface area contributed by atoms with Crippen LogP contribution in [-0.4, -0.2) is 39.6 Å². The number of methoxy groups -OCH3 is 1. The number of hydrogen-bond donors (Lipinski definition) is 1. The van der Waals surface area contributed by atoms with Crippen LogP contribution in [0, 0.1) is 17.8 Å². The van der Waals surface area contributed by atoms with E-state index in [9.17, 15) is 0 Å². The van der Waals surface area contributed by atoms with Gasteiger partial charge in [-0.15, -0.1) is 0 Å². The van der Waals surface area contributed by atoms with Gasteiger partial charge in [-0.2, -0.15) is 10.2 Å². The quantitative estimate of drug-likeness (QED) is 0.730. The highest BCUT2D eigenvalue weighted by atomic mass is 16.5. The fraction of sp³-hybridized carbons (Fsp3) is 0.333. The maximum atomic E-state index is 5.60. The van der Waals surface area contributed by atoms with Crippen LogP contribution in [-0.2, 0) is 7.05 Å². The van der Waals surface area contributed by atoms with Gasteiger partial charge in [0.25, 0.3) is 0 Å². The van der Waals surface area contributed by atoms with E-state index in [0.717, 1.165) is 47.5 Å². The van der Waals surface area contributed by atoms with Crippen molar-refractivity contribution in [3.63, 3.8) is 0 Å². The van der Waals surface area contributed by atoms with Gasteiger partial charge in [-0.1, -0.05) is 11.8 Å². The van der Waals surface area contributed by atoms with E-state index < -0.39 is 0 Å². The summed E-state index contributed by atoms with van der Waals surface area (Å²) in [6.45, 7) is 2.01. The molecular weight excluding hydrogens is 302 g/mol. The Hall–Kier alpha value is -2.78. The summed E-state index contributed by atoms with van der Waals surface area (Å²) in [5, 5.41) is 12.0. The zero-order chi connectivity index (χ0) is 16.5. The molecule has 122 valence electrons. The van der Waals surface area contributed by atoms with Crippen molar-refractivity contribution in [2.24, 2.45) is 13.0 Å². The molecule has 1 unspecified atom stereocenters. The summed E-state index contributed by atoms with van der Waals surface area (Å²) in [6.07, 6.45) is 8.70. The van der Waals surface area contributed by atoms with Gasteiger partial charge in [-0.25, -0.2) is 4.52 Å². The molecule has 1 aliphatic rings. The Balaban J connectivity index is 1.78. The first-order valence-electron chi connectivity index (χ1n) is 8.01. The first-order chi connectivity index (χ1) is 11.7. The lowest BCUT2D eigenvalue weighted by atomic mass is 10.1. The summed E-state index contributed by atoms with van der Waals surface area (Å²) in [6, 6.07) is 2.01. The molecule has 1 saturated heterocycles. The van der Waals surface area contributed by atoms with Crippen LogP contribution in [0.4, 0.5) is 0 Å². The van der Waals surface area contributed by atoms with Crippen LogP contribution in [0.3, 0.4) is 0 Å². The molecule has 1 atom stereocenters. The third kappa shape index (κ3) is 2.63. The van der Waals surface area contributed by atoms with Gasteiger partial charge in [-0.3, -0.25) is 4.68 Å². The number of nitrogens with one attached hydrogen (secondary N) is 1. The van der Waals surface area contributed by atoms with E-state index in [1.54, 1.807) is 18.0 Å². The summed E-state index contributed by atoms with van der Waals surface area (Å²) < 4.78 is 9.21. The van der Waals surface area contributed by atoms with Gasteiger partial charge in [-0.05, 0) is 19.0 Å². The van der Waals surface area contributed by atoms with Gasteiger partial charge in [0.05, 0.1) is 25.1 Å². The van der Waals surface area contributed by atoms with Crippen molar-refractivity contribution in [1.82, 2.24) is 24.7 Å². The van der Waals surface area contributed by atoms with Crippen LogP contribution < -0.4 is 10.1 Å². The zero-order valence-electron chi connectivity index (χ0n) is 13.8. The standard InChI is InChI=1S/C18H19N5O/c1-22-11-16(10-20-22)15-7-17(24-2)18-14(9-21-23(18)12-15)4-3-13-5-6-19-8-13/h7,9-13,19H,5-6,8H2,1-2H3. The van der Waals surface area contributed by atoms with Crippen LogP contribution in [0.1, 0.15) is 12.0 Å². The Morgan fingerprint density at radius 1 is 1.25 bits per heavy atom. The fourth-order valence-corrected chi connectivity index (χ4v) is 3.02. The predicted molar refractivity (Wildman–Crippen MR) is 91.8 cm³/mol. The molecule has 0 amide bonds. The van der Waals surface area contributed by atoms with Gasteiger partial charge in [0.15, 0.2) is 0 Å². The van der Waals surface area contributed by atoms with Crippen molar-refractivity contribution < 1.29 is 4.74 Å². The van der Waals surface area contributed by atoms with Crippen LogP contribution in [0.5, 0.6) is 5.75 Å². The molecule has 0 spiro atoms. The molecule has 0 bridgehead atoms. The number of aryl methyl sites for hydroxylation is 1. The minimum Gasteiger partial charge on any atom is -0.494 e. The second kappa shape index (κ2) is 6.02. The van der Waals surface area contributed by atoms with E-state index in [-0.39, 0.29) is 0 Å². The van der Waals surface area contributed by atoms with Crippen LogP contribution >= 0.6 is 0 Å². The van der Waals surface area contributed by atoms with E-state index in [1.807, 2.05) is 36.2 Å². The average Bonchev–Trinajstić information content (AvgIpc) is 3.32. The summed E-state index contributed by atoms with van der Waals surface area (Å²) in [4.78, 5) is 0. The molecule has 6 heteroatoms. The highest BCUT2D eigenvalue weighted by Gasteiger charge is 2.14. The lowest BCUT2D eigenvalue weighted by Crippen LogP contribution is -2.07. The monoisotopic (exact) mass is 321 g/mol. The Labute approximate surface area is 140 Å². The Morgan fingerprint density at radius 3 is 2.88 bits per heavy atom. The molecule has 4 rings (SSSR count).